The summed E-state index contributed by atoms with van der Waals surface area (Å²) in [5.41, 5.74) is 2.45. The van der Waals surface area contributed by atoms with E-state index < -0.39 is 0 Å². The van der Waals surface area contributed by atoms with E-state index >= 15 is 0 Å². The third-order valence-corrected chi connectivity index (χ3v) is 5.27. The van der Waals surface area contributed by atoms with Crippen LogP contribution >= 0.6 is 11.3 Å². The maximum Gasteiger partial charge on any atom is 0.249 e. The number of thiophene rings is 1. The summed E-state index contributed by atoms with van der Waals surface area (Å²) < 4.78 is 5.79. The summed E-state index contributed by atoms with van der Waals surface area (Å²) in [5.74, 6) is 0.0837. The molecule has 6 heteroatoms. The number of hydrogen-bond acceptors (Lipinski definition) is 5. The molecule has 120 valence electrons. The number of morpholine rings is 1. The zero-order valence-corrected chi connectivity index (χ0v) is 13.6. The minimum atomic E-state index is 0.0837. The Bertz CT molecular complexity index is 662. The average molecular weight is 329 g/mol. The highest BCUT2D eigenvalue weighted by molar-refractivity contribution is 7.07. The van der Waals surface area contributed by atoms with Crippen LogP contribution in [0.5, 0.6) is 0 Å². The minimum absolute atomic E-state index is 0.0837. The number of carbonyl (C=O) groups is 1. The van der Waals surface area contributed by atoms with Gasteiger partial charge in [0.1, 0.15) is 6.61 Å². The molecule has 0 N–H and O–H groups in total. The molecule has 1 amide bonds. The topological polar surface area (TPSA) is 45.7 Å². The lowest BCUT2D eigenvalue weighted by Crippen LogP contribution is -2.53. The van der Waals surface area contributed by atoms with Crippen molar-refractivity contribution < 1.29 is 9.53 Å². The number of hydrogen-bond donors (Lipinski definition) is 0. The molecule has 2 aliphatic heterocycles. The highest BCUT2D eigenvalue weighted by atomic mass is 32.1. The molecular formula is C17H19N3O2S. The number of carbonyl (C=O) groups excluding carboxylic acids is 1. The van der Waals surface area contributed by atoms with Crippen molar-refractivity contribution in [1.82, 2.24) is 14.8 Å². The molecule has 2 saturated heterocycles. The van der Waals surface area contributed by atoms with E-state index in [4.69, 9.17) is 4.74 Å². The van der Waals surface area contributed by atoms with E-state index in [1.54, 1.807) is 23.7 Å². The summed E-state index contributed by atoms with van der Waals surface area (Å²) in [6.07, 6.45) is 3.66. The van der Waals surface area contributed by atoms with Gasteiger partial charge in [0.2, 0.25) is 5.91 Å². The van der Waals surface area contributed by atoms with Gasteiger partial charge in [-0.25, -0.2) is 0 Å². The smallest absolute Gasteiger partial charge is 0.249 e. The maximum atomic E-state index is 12.3. The number of aromatic nitrogens is 1. The Balaban J connectivity index is 1.47. The number of rotatable bonds is 4. The molecule has 23 heavy (non-hydrogen) atoms. The van der Waals surface area contributed by atoms with E-state index in [1.807, 2.05) is 17.0 Å². The van der Waals surface area contributed by atoms with Crippen molar-refractivity contribution in [2.75, 3.05) is 19.7 Å². The Labute approximate surface area is 139 Å². The van der Waals surface area contributed by atoms with E-state index in [0.29, 0.717) is 6.54 Å². The Morgan fingerprint density at radius 1 is 1.17 bits per heavy atom. The van der Waals surface area contributed by atoms with Crippen LogP contribution in [-0.4, -0.2) is 52.5 Å². The Morgan fingerprint density at radius 2 is 2.04 bits per heavy atom. The Morgan fingerprint density at radius 3 is 2.83 bits per heavy atom. The normalized spacial score (nSPS) is 24.9. The number of nitrogens with zero attached hydrogens (tertiary/aromatic N) is 3. The highest BCUT2D eigenvalue weighted by Gasteiger charge is 2.42. The lowest BCUT2D eigenvalue weighted by Gasteiger charge is -2.36. The van der Waals surface area contributed by atoms with Crippen LogP contribution in [0.25, 0.3) is 0 Å². The minimum Gasteiger partial charge on any atom is -0.365 e. The average Bonchev–Trinajstić information content (AvgIpc) is 3.21. The molecular weight excluding hydrogens is 310 g/mol. The molecule has 0 spiro atoms. The lowest BCUT2D eigenvalue weighted by molar-refractivity contribution is -0.153. The molecule has 0 unspecified atom stereocenters. The zero-order chi connectivity index (χ0) is 15.6. The standard InChI is InChI=1S/C17H19N3O2S/c21-17-11-22-16-10-19(7-14-3-6-23-12-14)9-15(16)20(17)8-13-1-4-18-5-2-13/h1-6,12,15-16H,7-11H2/t15-,16-/m1/s1. The van der Waals surface area contributed by atoms with Gasteiger partial charge in [-0.3, -0.25) is 14.7 Å². The predicted octanol–water partition coefficient (Wildman–Crippen LogP) is 1.75. The van der Waals surface area contributed by atoms with Gasteiger partial charge >= 0.3 is 0 Å². The summed E-state index contributed by atoms with van der Waals surface area (Å²) in [6, 6.07) is 6.24. The second kappa shape index (κ2) is 6.39. The predicted molar refractivity (Wildman–Crippen MR) is 87.9 cm³/mol. The van der Waals surface area contributed by atoms with Crippen LogP contribution in [0.15, 0.2) is 41.4 Å². The Hall–Kier alpha value is -1.76. The van der Waals surface area contributed by atoms with Crippen LogP contribution in [0, 0.1) is 0 Å². The second-order valence-corrected chi connectivity index (χ2v) is 6.90. The van der Waals surface area contributed by atoms with Crippen LogP contribution in [0.3, 0.4) is 0 Å². The van der Waals surface area contributed by atoms with Crippen molar-refractivity contribution in [2.45, 2.75) is 25.2 Å². The molecule has 0 aromatic carbocycles. The van der Waals surface area contributed by atoms with Crippen molar-refractivity contribution in [3.63, 3.8) is 0 Å². The van der Waals surface area contributed by atoms with Gasteiger partial charge in [0.05, 0.1) is 12.1 Å². The van der Waals surface area contributed by atoms with Gasteiger partial charge in [-0.1, -0.05) is 0 Å². The molecule has 2 atom stereocenters. The largest absolute Gasteiger partial charge is 0.365 e. The van der Waals surface area contributed by atoms with Crippen molar-refractivity contribution in [2.24, 2.45) is 0 Å². The molecule has 4 heterocycles. The van der Waals surface area contributed by atoms with Crippen LogP contribution in [0.4, 0.5) is 0 Å². The number of likely N-dealkylation sites (tertiary alicyclic amines) is 1. The first kappa shape index (κ1) is 14.8. The van der Waals surface area contributed by atoms with E-state index in [9.17, 15) is 4.79 Å². The SMILES string of the molecule is O=C1CO[C@@H]2CN(Cc3ccsc3)C[C@H]2N1Cc1ccncc1. The van der Waals surface area contributed by atoms with Crippen molar-refractivity contribution in [1.29, 1.82) is 0 Å². The van der Waals surface area contributed by atoms with Crippen LogP contribution in [0.2, 0.25) is 0 Å². The molecule has 0 radical (unpaired) electrons. The van der Waals surface area contributed by atoms with E-state index in [2.05, 4.69) is 26.7 Å². The quantitative estimate of drug-likeness (QED) is 0.857. The summed E-state index contributed by atoms with van der Waals surface area (Å²) in [7, 11) is 0. The molecule has 2 fully saturated rings. The van der Waals surface area contributed by atoms with Gasteiger partial charge in [0, 0.05) is 38.6 Å². The van der Waals surface area contributed by atoms with Gasteiger partial charge in [0.15, 0.2) is 0 Å². The van der Waals surface area contributed by atoms with Crippen LogP contribution in [-0.2, 0) is 22.6 Å². The number of fused-ring (bicyclic) bond motifs is 1. The molecule has 0 bridgehead atoms. The van der Waals surface area contributed by atoms with Gasteiger partial charge in [0.25, 0.3) is 0 Å². The Kier molecular flexibility index (Phi) is 4.11. The maximum absolute atomic E-state index is 12.3. The molecule has 0 aliphatic carbocycles. The summed E-state index contributed by atoms with van der Waals surface area (Å²) in [4.78, 5) is 20.7. The van der Waals surface area contributed by atoms with Crippen LogP contribution in [0.1, 0.15) is 11.1 Å². The van der Waals surface area contributed by atoms with Gasteiger partial charge in [-0.15, -0.1) is 0 Å². The number of ether oxygens (including phenoxy) is 1. The fourth-order valence-electron chi connectivity index (χ4n) is 3.40. The molecule has 0 saturated carbocycles. The fourth-order valence-corrected chi connectivity index (χ4v) is 4.06. The number of pyridine rings is 1. The molecule has 2 aliphatic rings. The number of amides is 1. The lowest BCUT2D eigenvalue weighted by atomic mass is 10.1. The molecule has 2 aromatic rings. The van der Waals surface area contributed by atoms with E-state index in [-0.39, 0.29) is 24.7 Å². The van der Waals surface area contributed by atoms with Crippen LogP contribution < -0.4 is 0 Å². The van der Waals surface area contributed by atoms with Crippen molar-refractivity contribution >= 4 is 17.2 Å². The zero-order valence-electron chi connectivity index (χ0n) is 12.8. The third kappa shape index (κ3) is 3.15. The second-order valence-electron chi connectivity index (χ2n) is 6.12. The van der Waals surface area contributed by atoms with Crippen molar-refractivity contribution in [3.8, 4) is 0 Å². The monoisotopic (exact) mass is 329 g/mol. The molecule has 4 rings (SSSR count). The summed E-state index contributed by atoms with van der Waals surface area (Å²) in [5, 5.41) is 4.29. The van der Waals surface area contributed by atoms with Gasteiger partial charge < -0.3 is 9.64 Å². The highest BCUT2D eigenvalue weighted by Crippen LogP contribution is 2.26. The molecule has 5 nitrogen and oxygen atoms in total. The molecule has 2 aromatic heterocycles. The first-order valence-electron chi connectivity index (χ1n) is 7.83. The third-order valence-electron chi connectivity index (χ3n) is 4.54. The summed E-state index contributed by atoms with van der Waals surface area (Å²) >= 11 is 1.72. The van der Waals surface area contributed by atoms with Crippen molar-refractivity contribution in [3.05, 3.63) is 52.5 Å². The first-order chi connectivity index (χ1) is 11.3. The van der Waals surface area contributed by atoms with E-state index in [1.165, 1.54) is 5.56 Å². The summed E-state index contributed by atoms with van der Waals surface area (Å²) in [6.45, 7) is 3.52. The van der Waals surface area contributed by atoms with Gasteiger partial charge in [-0.05, 0) is 40.1 Å². The fraction of sp³-hybridized carbons (Fsp3) is 0.412. The first-order valence-corrected chi connectivity index (χ1v) is 8.77. The van der Waals surface area contributed by atoms with Gasteiger partial charge in [-0.2, -0.15) is 11.3 Å². The van der Waals surface area contributed by atoms with E-state index in [0.717, 1.165) is 25.2 Å².